The van der Waals surface area contributed by atoms with E-state index in [1.165, 1.54) is 12.8 Å². The van der Waals surface area contributed by atoms with E-state index in [2.05, 4.69) is 0 Å². The predicted octanol–water partition coefficient (Wildman–Crippen LogP) is 3.99. The molecule has 0 aromatic heterocycles. The Morgan fingerprint density at radius 3 is 2.76 bits per heavy atom. The Hall–Kier alpha value is -0.570. The van der Waals surface area contributed by atoms with Crippen LogP contribution in [-0.2, 0) is 4.74 Å². The van der Waals surface area contributed by atoms with Crippen LogP contribution in [0.3, 0.4) is 0 Å². The maximum absolute atomic E-state index is 12.1. The van der Waals surface area contributed by atoms with Crippen molar-refractivity contribution in [3.63, 3.8) is 0 Å². The van der Waals surface area contributed by atoms with E-state index in [0.29, 0.717) is 28.1 Å². The summed E-state index contributed by atoms with van der Waals surface area (Å²) in [5.74, 6) is 0.554. The van der Waals surface area contributed by atoms with Gasteiger partial charge in [-0.15, -0.1) is 0 Å². The zero-order chi connectivity index (χ0) is 12.4. The van der Waals surface area contributed by atoms with E-state index in [0.717, 1.165) is 0 Å². The predicted molar refractivity (Wildman–Crippen MR) is 68.9 cm³/mol. The van der Waals surface area contributed by atoms with Crippen molar-refractivity contribution in [2.75, 3.05) is 6.61 Å². The Morgan fingerprint density at radius 2 is 2.18 bits per heavy atom. The molecule has 1 aromatic carbocycles. The van der Waals surface area contributed by atoms with E-state index >= 15 is 0 Å². The average molecular weight is 273 g/mol. The number of rotatable bonds is 5. The number of benzene rings is 1. The van der Waals surface area contributed by atoms with Crippen LogP contribution in [0.15, 0.2) is 18.2 Å². The minimum atomic E-state index is -0.450. The summed E-state index contributed by atoms with van der Waals surface area (Å²) in [6.07, 6.45) is 1.97. The zero-order valence-corrected chi connectivity index (χ0v) is 11.1. The Bertz CT molecular complexity index is 427. The van der Waals surface area contributed by atoms with Crippen LogP contribution < -0.4 is 0 Å². The fourth-order valence-corrected chi connectivity index (χ4v) is 2.05. The highest BCUT2D eigenvalue weighted by molar-refractivity contribution is 6.37. The molecule has 1 unspecified atom stereocenters. The molecule has 1 aliphatic carbocycles. The molecule has 0 amide bonds. The van der Waals surface area contributed by atoms with Gasteiger partial charge in [0.25, 0.3) is 0 Å². The standard InChI is InChI=1S/C13H14Cl2O2/c1-8(17-7-9-2-3-9)13(16)11-5-4-10(14)6-12(11)15/h4-6,8-9H,2-3,7H2,1H3. The van der Waals surface area contributed by atoms with Crippen molar-refractivity contribution in [3.05, 3.63) is 33.8 Å². The van der Waals surface area contributed by atoms with Crippen molar-refractivity contribution >= 4 is 29.0 Å². The summed E-state index contributed by atoms with van der Waals surface area (Å²) < 4.78 is 5.53. The summed E-state index contributed by atoms with van der Waals surface area (Å²) in [7, 11) is 0. The molecule has 0 saturated heterocycles. The molecule has 2 nitrogen and oxygen atoms in total. The fourth-order valence-electron chi connectivity index (χ4n) is 1.55. The third-order valence-electron chi connectivity index (χ3n) is 2.84. The molecular weight excluding hydrogens is 259 g/mol. The molecule has 1 aromatic rings. The molecule has 1 aliphatic rings. The highest BCUT2D eigenvalue weighted by atomic mass is 35.5. The van der Waals surface area contributed by atoms with Gasteiger partial charge in [0.05, 0.1) is 11.6 Å². The lowest BCUT2D eigenvalue weighted by Gasteiger charge is -2.12. The van der Waals surface area contributed by atoms with Gasteiger partial charge in [0, 0.05) is 10.6 Å². The van der Waals surface area contributed by atoms with Crippen molar-refractivity contribution in [1.82, 2.24) is 0 Å². The van der Waals surface area contributed by atoms with Crippen LogP contribution in [-0.4, -0.2) is 18.5 Å². The molecular formula is C13H14Cl2O2. The van der Waals surface area contributed by atoms with Gasteiger partial charge in [0.2, 0.25) is 0 Å². The Balaban J connectivity index is 2.01. The molecule has 1 saturated carbocycles. The van der Waals surface area contributed by atoms with Crippen molar-refractivity contribution in [2.24, 2.45) is 5.92 Å². The quantitative estimate of drug-likeness (QED) is 0.758. The molecule has 0 radical (unpaired) electrons. The molecule has 17 heavy (non-hydrogen) atoms. The number of carbonyl (C=O) groups excluding carboxylic acids is 1. The van der Waals surface area contributed by atoms with Gasteiger partial charge in [0.15, 0.2) is 5.78 Å². The summed E-state index contributed by atoms with van der Waals surface area (Å²) in [6.45, 7) is 2.42. The first-order valence-corrected chi connectivity index (χ1v) is 6.44. The van der Waals surface area contributed by atoms with Crippen molar-refractivity contribution in [3.8, 4) is 0 Å². The van der Waals surface area contributed by atoms with Gasteiger partial charge < -0.3 is 4.74 Å². The lowest BCUT2D eigenvalue weighted by molar-refractivity contribution is 0.0441. The Labute approximate surface area is 111 Å². The molecule has 4 heteroatoms. The first kappa shape index (κ1) is 12.9. The second-order valence-corrected chi connectivity index (χ2v) is 5.25. The first-order valence-electron chi connectivity index (χ1n) is 5.69. The molecule has 0 heterocycles. The fraction of sp³-hybridized carbons (Fsp3) is 0.462. The molecule has 0 N–H and O–H groups in total. The molecule has 92 valence electrons. The lowest BCUT2D eigenvalue weighted by atomic mass is 10.1. The van der Waals surface area contributed by atoms with Gasteiger partial charge in [-0.3, -0.25) is 4.79 Å². The SMILES string of the molecule is CC(OCC1CC1)C(=O)c1ccc(Cl)cc1Cl. The van der Waals surface area contributed by atoms with Gasteiger partial charge in [-0.2, -0.15) is 0 Å². The molecule has 2 rings (SSSR count). The number of hydrogen-bond donors (Lipinski definition) is 0. The van der Waals surface area contributed by atoms with E-state index < -0.39 is 6.10 Å². The topological polar surface area (TPSA) is 26.3 Å². The van der Waals surface area contributed by atoms with Crippen LogP contribution in [0.25, 0.3) is 0 Å². The highest BCUT2D eigenvalue weighted by Crippen LogP contribution is 2.29. The van der Waals surface area contributed by atoms with E-state index in [1.807, 2.05) is 0 Å². The largest absolute Gasteiger partial charge is 0.370 e. The van der Waals surface area contributed by atoms with Crippen molar-refractivity contribution in [2.45, 2.75) is 25.9 Å². The third-order valence-corrected chi connectivity index (χ3v) is 3.39. The van der Waals surface area contributed by atoms with Gasteiger partial charge in [0.1, 0.15) is 6.10 Å². The summed E-state index contributed by atoms with van der Waals surface area (Å²) in [4.78, 5) is 12.1. The summed E-state index contributed by atoms with van der Waals surface area (Å²) in [6, 6.07) is 4.88. The number of carbonyl (C=O) groups is 1. The monoisotopic (exact) mass is 272 g/mol. The molecule has 0 aliphatic heterocycles. The Morgan fingerprint density at radius 1 is 1.47 bits per heavy atom. The first-order chi connectivity index (χ1) is 8.08. The lowest BCUT2D eigenvalue weighted by Crippen LogP contribution is -2.22. The van der Waals surface area contributed by atoms with E-state index in [-0.39, 0.29) is 5.78 Å². The van der Waals surface area contributed by atoms with Crippen LogP contribution in [0, 0.1) is 5.92 Å². The third kappa shape index (κ3) is 3.44. The summed E-state index contributed by atoms with van der Waals surface area (Å²) >= 11 is 11.8. The van der Waals surface area contributed by atoms with Crippen LogP contribution in [0.4, 0.5) is 0 Å². The summed E-state index contributed by atoms with van der Waals surface area (Å²) in [5.41, 5.74) is 0.472. The maximum Gasteiger partial charge on any atom is 0.192 e. The zero-order valence-electron chi connectivity index (χ0n) is 9.58. The number of hydrogen-bond acceptors (Lipinski definition) is 2. The molecule has 1 atom stereocenters. The second-order valence-electron chi connectivity index (χ2n) is 4.41. The number of ether oxygens (including phenoxy) is 1. The molecule has 0 bridgehead atoms. The number of halogens is 2. The number of Topliss-reactive ketones (excluding diaryl/α,β-unsaturated/α-hetero) is 1. The van der Waals surface area contributed by atoms with E-state index in [1.54, 1.807) is 25.1 Å². The second kappa shape index (κ2) is 5.38. The molecule has 0 spiro atoms. The van der Waals surface area contributed by atoms with Crippen LogP contribution in [0.5, 0.6) is 0 Å². The number of ketones is 1. The molecule has 1 fully saturated rings. The van der Waals surface area contributed by atoms with Crippen molar-refractivity contribution < 1.29 is 9.53 Å². The van der Waals surface area contributed by atoms with Crippen LogP contribution >= 0.6 is 23.2 Å². The maximum atomic E-state index is 12.1. The Kier molecular flexibility index (Phi) is 4.08. The average Bonchev–Trinajstić information content (AvgIpc) is 3.09. The van der Waals surface area contributed by atoms with Crippen molar-refractivity contribution in [1.29, 1.82) is 0 Å². The highest BCUT2D eigenvalue weighted by Gasteiger charge is 2.25. The van der Waals surface area contributed by atoms with Crippen LogP contribution in [0.2, 0.25) is 10.0 Å². The van der Waals surface area contributed by atoms with Gasteiger partial charge in [-0.05, 0) is 43.9 Å². The van der Waals surface area contributed by atoms with Crippen LogP contribution in [0.1, 0.15) is 30.1 Å². The minimum absolute atomic E-state index is 0.0904. The normalized spacial score (nSPS) is 16.9. The van der Waals surface area contributed by atoms with Gasteiger partial charge >= 0.3 is 0 Å². The van der Waals surface area contributed by atoms with Gasteiger partial charge in [-0.25, -0.2) is 0 Å². The summed E-state index contributed by atoms with van der Waals surface area (Å²) in [5, 5.41) is 0.905. The smallest absolute Gasteiger partial charge is 0.192 e. The minimum Gasteiger partial charge on any atom is -0.370 e. The van der Waals surface area contributed by atoms with E-state index in [4.69, 9.17) is 27.9 Å². The van der Waals surface area contributed by atoms with E-state index in [9.17, 15) is 4.79 Å². The van der Waals surface area contributed by atoms with Gasteiger partial charge in [-0.1, -0.05) is 23.2 Å².